The molecule has 3 N–H and O–H groups in total. The van der Waals surface area contributed by atoms with Crippen molar-refractivity contribution >= 4 is 33.0 Å². The fraction of sp³-hybridized carbons (Fsp3) is 0.111. The van der Waals surface area contributed by atoms with Crippen molar-refractivity contribution in [2.24, 2.45) is 5.73 Å². The van der Waals surface area contributed by atoms with E-state index in [2.05, 4.69) is 20.9 Å². The lowest BCUT2D eigenvalue weighted by molar-refractivity contribution is -0.138. The van der Waals surface area contributed by atoms with Crippen LogP contribution >= 0.6 is 15.9 Å². The van der Waals surface area contributed by atoms with E-state index >= 15 is 0 Å². The Morgan fingerprint density at radius 3 is 3.00 bits per heavy atom. The van der Waals surface area contributed by atoms with Crippen molar-refractivity contribution in [2.45, 2.75) is 6.04 Å². The van der Waals surface area contributed by atoms with Crippen LogP contribution in [0.1, 0.15) is 11.6 Å². The van der Waals surface area contributed by atoms with E-state index in [0.717, 1.165) is 0 Å². The minimum Gasteiger partial charge on any atom is -0.480 e. The number of rotatable bonds is 2. The van der Waals surface area contributed by atoms with Gasteiger partial charge in [0.15, 0.2) is 12.0 Å². The highest BCUT2D eigenvalue weighted by Gasteiger charge is 2.18. The maximum absolute atomic E-state index is 10.7. The predicted molar refractivity (Wildman–Crippen MR) is 56.3 cm³/mol. The highest BCUT2D eigenvalue weighted by molar-refractivity contribution is 9.10. The lowest BCUT2D eigenvalue weighted by Crippen LogP contribution is -2.21. The number of carboxylic acids is 1. The first-order chi connectivity index (χ1) is 7.09. The molecule has 0 aliphatic carbocycles. The number of aromatic nitrogens is 1. The second-order valence-corrected chi connectivity index (χ2v) is 3.86. The normalized spacial score (nSPS) is 12.9. The standard InChI is InChI=1S/C9H7BrN2O3/c10-5-2-7-6(12-3-15-7)1-4(5)8(11)9(13)14/h1-3,8H,11H2,(H,13,14). The third-order valence-electron chi connectivity index (χ3n) is 2.05. The Balaban J connectivity index is 2.59. The Morgan fingerprint density at radius 2 is 2.33 bits per heavy atom. The zero-order chi connectivity index (χ0) is 11.0. The third kappa shape index (κ3) is 1.73. The molecule has 1 aromatic carbocycles. The number of fused-ring (bicyclic) bond motifs is 1. The van der Waals surface area contributed by atoms with Gasteiger partial charge >= 0.3 is 5.97 Å². The summed E-state index contributed by atoms with van der Waals surface area (Å²) in [5, 5.41) is 8.79. The van der Waals surface area contributed by atoms with Crippen LogP contribution in [0.25, 0.3) is 11.1 Å². The largest absolute Gasteiger partial charge is 0.480 e. The Labute approximate surface area is 93.0 Å². The molecule has 0 saturated carbocycles. The number of oxazole rings is 1. The summed E-state index contributed by atoms with van der Waals surface area (Å²) in [5.74, 6) is -1.08. The molecule has 2 rings (SSSR count). The minimum atomic E-state index is -1.08. The number of benzene rings is 1. The molecular formula is C9H7BrN2O3. The van der Waals surface area contributed by atoms with Crippen LogP contribution in [0.15, 0.2) is 27.4 Å². The van der Waals surface area contributed by atoms with Crippen molar-refractivity contribution in [1.29, 1.82) is 0 Å². The summed E-state index contributed by atoms with van der Waals surface area (Å²) < 4.78 is 5.66. The van der Waals surface area contributed by atoms with E-state index < -0.39 is 12.0 Å². The molecule has 78 valence electrons. The van der Waals surface area contributed by atoms with Gasteiger partial charge in [-0.1, -0.05) is 15.9 Å². The lowest BCUT2D eigenvalue weighted by atomic mass is 10.1. The highest BCUT2D eigenvalue weighted by Crippen LogP contribution is 2.27. The Kier molecular flexibility index (Phi) is 2.45. The Bertz CT molecular complexity index is 523. The molecule has 0 amide bonds. The number of carboxylic acid groups (broad SMARTS) is 1. The summed E-state index contributed by atoms with van der Waals surface area (Å²) in [6.45, 7) is 0. The number of nitrogens with two attached hydrogens (primary N) is 1. The molecule has 0 bridgehead atoms. The van der Waals surface area contributed by atoms with Crippen LogP contribution in [0.5, 0.6) is 0 Å². The SMILES string of the molecule is NC(C(=O)O)c1cc2ncoc2cc1Br. The molecule has 0 aliphatic rings. The molecule has 0 fully saturated rings. The van der Waals surface area contributed by atoms with E-state index in [1.54, 1.807) is 12.1 Å². The van der Waals surface area contributed by atoms with Gasteiger partial charge in [0.2, 0.25) is 0 Å². The number of carbonyl (C=O) groups is 1. The molecule has 15 heavy (non-hydrogen) atoms. The summed E-state index contributed by atoms with van der Waals surface area (Å²) in [7, 11) is 0. The van der Waals surface area contributed by atoms with Gasteiger partial charge in [-0.25, -0.2) is 4.98 Å². The van der Waals surface area contributed by atoms with E-state index in [1.807, 2.05) is 0 Å². The summed E-state index contributed by atoms with van der Waals surface area (Å²) in [6.07, 6.45) is 1.30. The molecule has 1 heterocycles. The molecule has 0 saturated heterocycles. The van der Waals surface area contributed by atoms with E-state index in [-0.39, 0.29) is 0 Å². The van der Waals surface area contributed by atoms with Gasteiger partial charge in [-0.05, 0) is 17.7 Å². The second kappa shape index (κ2) is 3.63. The fourth-order valence-corrected chi connectivity index (χ4v) is 1.84. The smallest absolute Gasteiger partial charge is 0.325 e. The number of halogens is 1. The van der Waals surface area contributed by atoms with Crippen LogP contribution in [0.4, 0.5) is 0 Å². The quantitative estimate of drug-likeness (QED) is 0.867. The molecule has 1 unspecified atom stereocenters. The summed E-state index contributed by atoms with van der Waals surface area (Å²) in [5.41, 5.74) is 7.16. The number of nitrogens with zero attached hydrogens (tertiary/aromatic N) is 1. The average Bonchev–Trinajstić information content (AvgIpc) is 2.62. The molecular weight excluding hydrogens is 264 g/mol. The van der Waals surface area contributed by atoms with Gasteiger partial charge in [0.25, 0.3) is 0 Å². The van der Waals surface area contributed by atoms with Gasteiger partial charge in [-0.15, -0.1) is 0 Å². The van der Waals surface area contributed by atoms with E-state index in [0.29, 0.717) is 21.1 Å². The number of hydrogen-bond acceptors (Lipinski definition) is 4. The van der Waals surface area contributed by atoms with E-state index in [4.69, 9.17) is 15.3 Å². The van der Waals surface area contributed by atoms with Crippen molar-refractivity contribution in [3.63, 3.8) is 0 Å². The van der Waals surface area contributed by atoms with Gasteiger partial charge in [-0.2, -0.15) is 0 Å². The first-order valence-corrected chi connectivity index (χ1v) is 4.90. The monoisotopic (exact) mass is 270 g/mol. The average molecular weight is 271 g/mol. The number of hydrogen-bond donors (Lipinski definition) is 2. The van der Waals surface area contributed by atoms with Crippen LogP contribution in [-0.4, -0.2) is 16.1 Å². The molecule has 6 heteroatoms. The topological polar surface area (TPSA) is 89.4 Å². The van der Waals surface area contributed by atoms with E-state index in [1.165, 1.54) is 6.39 Å². The van der Waals surface area contributed by atoms with Crippen LogP contribution < -0.4 is 5.73 Å². The van der Waals surface area contributed by atoms with Gasteiger partial charge in [0, 0.05) is 4.47 Å². The molecule has 0 radical (unpaired) electrons. The van der Waals surface area contributed by atoms with Crippen LogP contribution in [-0.2, 0) is 4.79 Å². The van der Waals surface area contributed by atoms with Gasteiger partial charge in [-0.3, -0.25) is 4.79 Å². The third-order valence-corrected chi connectivity index (χ3v) is 2.74. The van der Waals surface area contributed by atoms with Gasteiger partial charge in [0.05, 0.1) is 0 Å². The molecule has 1 atom stereocenters. The fourth-order valence-electron chi connectivity index (χ4n) is 1.27. The zero-order valence-electron chi connectivity index (χ0n) is 7.48. The Morgan fingerprint density at radius 1 is 1.60 bits per heavy atom. The second-order valence-electron chi connectivity index (χ2n) is 3.01. The molecule has 5 nitrogen and oxygen atoms in total. The lowest BCUT2D eigenvalue weighted by Gasteiger charge is -2.08. The molecule has 2 aromatic rings. The maximum Gasteiger partial charge on any atom is 0.325 e. The molecule has 1 aromatic heterocycles. The van der Waals surface area contributed by atoms with Crippen molar-refractivity contribution in [3.05, 3.63) is 28.6 Å². The Hall–Kier alpha value is -1.40. The summed E-state index contributed by atoms with van der Waals surface area (Å²) in [6, 6.07) is 2.18. The maximum atomic E-state index is 10.7. The highest BCUT2D eigenvalue weighted by atomic mass is 79.9. The first-order valence-electron chi connectivity index (χ1n) is 4.10. The van der Waals surface area contributed by atoms with Crippen molar-refractivity contribution in [3.8, 4) is 0 Å². The molecule has 0 spiro atoms. The van der Waals surface area contributed by atoms with Crippen molar-refractivity contribution in [2.75, 3.05) is 0 Å². The zero-order valence-corrected chi connectivity index (χ0v) is 9.06. The van der Waals surface area contributed by atoms with Gasteiger partial charge < -0.3 is 15.3 Å². The van der Waals surface area contributed by atoms with Crippen molar-refractivity contribution < 1.29 is 14.3 Å². The van der Waals surface area contributed by atoms with Gasteiger partial charge in [0.1, 0.15) is 11.6 Å². The van der Waals surface area contributed by atoms with Crippen LogP contribution in [0.2, 0.25) is 0 Å². The predicted octanol–water partition coefficient (Wildman–Crippen LogP) is 1.67. The molecule has 0 aliphatic heterocycles. The first kappa shape index (κ1) is 10.1. The summed E-state index contributed by atoms with van der Waals surface area (Å²) >= 11 is 3.24. The van der Waals surface area contributed by atoms with E-state index in [9.17, 15) is 4.79 Å². The summed E-state index contributed by atoms with van der Waals surface area (Å²) in [4.78, 5) is 14.7. The minimum absolute atomic E-state index is 0.476. The van der Waals surface area contributed by atoms with Crippen LogP contribution in [0, 0.1) is 0 Å². The van der Waals surface area contributed by atoms with Crippen molar-refractivity contribution in [1.82, 2.24) is 4.98 Å². The van der Waals surface area contributed by atoms with Crippen LogP contribution in [0.3, 0.4) is 0 Å². The number of aliphatic carboxylic acids is 1.